The molecule has 0 N–H and O–H groups in total. The maximum Gasteiger partial charge on any atom is 0.250 e. The average molecular weight is 376 g/mol. The van der Waals surface area contributed by atoms with Crippen molar-refractivity contribution in [2.24, 2.45) is 0 Å². The average Bonchev–Trinajstić information content (AvgIpc) is 3.03. The highest BCUT2D eigenvalue weighted by Gasteiger charge is 2.36. The molecule has 0 spiro atoms. The number of hydrogen-bond donors (Lipinski definition) is 0. The number of hydrogen-bond acceptors (Lipinski definition) is 3. The van der Waals surface area contributed by atoms with Gasteiger partial charge in [-0.3, -0.25) is 9.10 Å². The molecule has 0 aliphatic carbocycles. The highest BCUT2D eigenvalue weighted by molar-refractivity contribution is 7.92. The van der Waals surface area contributed by atoms with E-state index in [1.807, 2.05) is 24.3 Å². The largest absolute Gasteiger partial charge is 0.310 e. The van der Waals surface area contributed by atoms with Crippen LogP contribution in [0, 0.1) is 5.82 Å². The van der Waals surface area contributed by atoms with E-state index >= 15 is 0 Å². The maximum absolute atomic E-state index is 13.3. The fourth-order valence-corrected chi connectivity index (χ4v) is 4.58. The molecule has 1 heterocycles. The smallest absolute Gasteiger partial charge is 0.250 e. The Kier molecular flexibility index (Phi) is 5.00. The number of sulfonamides is 1. The summed E-state index contributed by atoms with van der Waals surface area (Å²) in [6, 6.07) is 11.9. The quantitative estimate of drug-likeness (QED) is 0.806. The molecule has 3 rings (SSSR count). The molecular formula is C19H21FN2O3S. The van der Waals surface area contributed by atoms with Gasteiger partial charge in [-0.1, -0.05) is 25.1 Å². The Balaban J connectivity index is 1.99. The number of halogens is 1. The van der Waals surface area contributed by atoms with Gasteiger partial charge in [-0.15, -0.1) is 0 Å². The van der Waals surface area contributed by atoms with E-state index in [1.54, 1.807) is 11.8 Å². The van der Waals surface area contributed by atoms with Crippen LogP contribution in [0.25, 0.3) is 0 Å². The van der Waals surface area contributed by atoms with Crippen molar-refractivity contribution < 1.29 is 17.6 Å². The number of carbonyl (C=O) groups excluding carboxylic acids is 1. The van der Waals surface area contributed by atoms with Crippen LogP contribution in [0.2, 0.25) is 0 Å². The zero-order chi connectivity index (χ0) is 18.9. The normalized spacial score (nSPS) is 14.8. The minimum Gasteiger partial charge on any atom is -0.310 e. The van der Waals surface area contributed by atoms with Crippen molar-refractivity contribution in [3.63, 3.8) is 0 Å². The first kappa shape index (κ1) is 18.4. The molecule has 138 valence electrons. The van der Waals surface area contributed by atoms with E-state index in [2.05, 4.69) is 0 Å². The van der Waals surface area contributed by atoms with Crippen LogP contribution >= 0.6 is 0 Å². The highest BCUT2D eigenvalue weighted by Crippen LogP contribution is 2.31. The number of fused-ring (bicyclic) bond motifs is 1. The van der Waals surface area contributed by atoms with Crippen molar-refractivity contribution in [1.29, 1.82) is 0 Å². The first-order chi connectivity index (χ1) is 12.3. The summed E-state index contributed by atoms with van der Waals surface area (Å²) in [5.74, 6) is -0.734. The van der Waals surface area contributed by atoms with Gasteiger partial charge in [0.15, 0.2) is 0 Å². The standard InChI is InChI=1S/C19H21FN2O3S/c1-3-17(19(23)21-13-12-14-6-4-5-7-18(14)21)22(26(2,24)25)16-10-8-15(20)9-11-16/h4-11,17H,3,12-13H2,1-2H3/t17-/m1/s1. The Labute approximate surface area is 153 Å². The number of carbonyl (C=O) groups is 1. The second-order valence-corrected chi connectivity index (χ2v) is 8.19. The van der Waals surface area contributed by atoms with Crippen molar-refractivity contribution in [2.75, 3.05) is 22.0 Å². The fourth-order valence-electron chi connectivity index (χ4n) is 3.38. The lowest BCUT2D eigenvalue weighted by molar-refractivity contribution is -0.119. The molecular weight excluding hydrogens is 355 g/mol. The number of rotatable bonds is 5. The Bertz CT molecular complexity index is 913. The van der Waals surface area contributed by atoms with E-state index in [-0.39, 0.29) is 11.6 Å². The predicted molar refractivity (Wildman–Crippen MR) is 100 cm³/mol. The summed E-state index contributed by atoms with van der Waals surface area (Å²) in [5, 5.41) is 0. The van der Waals surface area contributed by atoms with E-state index in [9.17, 15) is 17.6 Å². The summed E-state index contributed by atoms with van der Waals surface area (Å²) in [4.78, 5) is 14.9. The van der Waals surface area contributed by atoms with Gasteiger partial charge in [0.25, 0.3) is 5.91 Å². The molecule has 1 atom stereocenters. The van der Waals surface area contributed by atoms with Gasteiger partial charge in [-0.25, -0.2) is 12.8 Å². The predicted octanol–water partition coefficient (Wildman–Crippen LogP) is 2.96. The van der Waals surface area contributed by atoms with Gasteiger partial charge < -0.3 is 4.90 Å². The molecule has 0 unspecified atom stereocenters. The summed E-state index contributed by atoms with van der Waals surface area (Å²) in [7, 11) is -3.73. The third-order valence-electron chi connectivity index (χ3n) is 4.55. The van der Waals surface area contributed by atoms with E-state index in [0.717, 1.165) is 28.2 Å². The molecule has 5 nitrogen and oxygen atoms in total. The SMILES string of the molecule is CC[C@H](C(=O)N1CCc2ccccc21)N(c1ccc(F)cc1)S(C)(=O)=O. The van der Waals surface area contributed by atoms with Crippen molar-refractivity contribution >= 4 is 27.3 Å². The maximum atomic E-state index is 13.3. The molecule has 0 fully saturated rings. The van der Waals surface area contributed by atoms with Gasteiger partial charge in [0, 0.05) is 12.2 Å². The number of benzene rings is 2. The van der Waals surface area contributed by atoms with E-state index in [1.165, 1.54) is 24.3 Å². The molecule has 7 heteroatoms. The summed E-state index contributed by atoms with van der Waals surface area (Å²) in [6.45, 7) is 2.29. The molecule has 0 bridgehead atoms. The summed E-state index contributed by atoms with van der Waals surface area (Å²) in [6.07, 6.45) is 2.11. The first-order valence-electron chi connectivity index (χ1n) is 8.47. The zero-order valence-corrected chi connectivity index (χ0v) is 15.5. The Morgan fingerprint density at radius 1 is 1.19 bits per heavy atom. The van der Waals surface area contributed by atoms with Gasteiger partial charge in [0.1, 0.15) is 11.9 Å². The van der Waals surface area contributed by atoms with Crippen LogP contribution in [-0.4, -0.2) is 33.2 Å². The monoisotopic (exact) mass is 376 g/mol. The molecule has 0 radical (unpaired) electrons. The van der Waals surface area contributed by atoms with E-state index in [4.69, 9.17) is 0 Å². The molecule has 0 aromatic heterocycles. The second-order valence-electron chi connectivity index (χ2n) is 6.33. The van der Waals surface area contributed by atoms with E-state index in [0.29, 0.717) is 13.0 Å². The number of para-hydroxylation sites is 1. The number of nitrogens with zero attached hydrogens (tertiary/aromatic N) is 2. The molecule has 0 saturated carbocycles. The minimum absolute atomic E-state index is 0.271. The van der Waals surface area contributed by atoms with Crippen molar-refractivity contribution in [3.05, 3.63) is 59.9 Å². The van der Waals surface area contributed by atoms with E-state index < -0.39 is 21.9 Å². The van der Waals surface area contributed by atoms with Gasteiger partial charge in [0.2, 0.25) is 10.0 Å². The first-order valence-corrected chi connectivity index (χ1v) is 10.3. The Morgan fingerprint density at radius 2 is 1.85 bits per heavy atom. The molecule has 0 saturated heterocycles. The summed E-state index contributed by atoms with van der Waals surface area (Å²) in [5.41, 5.74) is 2.17. The fraction of sp³-hybridized carbons (Fsp3) is 0.316. The van der Waals surface area contributed by atoms with Crippen molar-refractivity contribution in [1.82, 2.24) is 0 Å². The van der Waals surface area contributed by atoms with Gasteiger partial charge in [-0.05, 0) is 48.7 Å². The third kappa shape index (κ3) is 3.44. The van der Waals surface area contributed by atoms with Crippen LogP contribution in [0.5, 0.6) is 0 Å². The lowest BCUT2D eigenvalue weighted by Gasteiger charge is -2.33. The number of amides is 1. The molecule has 2 aromatic rings. The van der Waals surface area contributed by atoms with Crippen LogP contribution in [0.4, 0.5) is 15.8 Å². The highest BCUT2D eigenvalue weighted by atomic mass is 32.2. The number of anilines is 2. The lowest BCUT2D eigenvalue weighted by Crippen LogP contribution is -2.50. The Hall–Kier alpha value is -2.41. The van der Waals surface area contributed by atoms with Crippen molar-refractivity contribution in [3.8, 4) is 0 Å². The van der Waals surface area contributed by atoms with Crippen LogP contribution < -0.4 is 9.21 Å². The van der Waals surface area contributed by atoms with Gasteiger partial charge in [0.05, 0.1) is 11.9 Å². The zero-order valence-electron chi connectivity index (χ0n) is 14.7. The molecule has 1 aliphatic rings. The molecule has 2 aromatic carbocycles. The summed E-state index contributed by atoms with van der Waals surface area (Å²) < 4.78 is 39.2. The van der Waals surface area contributed by atoms with Crippen molar-refractivity contribution in [2.45, 2.75) is 25.8 Å². The van der Waals surface area contributed by atoms with Gasteiger partial charge in [-0.2, -0.15) is 0 Å². The minimum atomic E-state index is -3.73. The van der Waals surface area contributed by atoms with Crippen LogP contribution in [0.3, 0.4) is 0 Å². The van der Waals surface area contributed by atoms with Crippen LogP contribution in [0.1, 0.15) is 18.9 Å². The summed E-state index contributed by atoms with van der Waals surface area (Å²) >= 11 is 0. The molecule has 1 aliphatic heterocycles. The van der Waals surface area contributed by atoms with Crippen LogP contribution in [-0.2, 0) is 21.2 Å². The molecule has 1 amide bonds. The van der Waals surface area contributed by atoms with Gasteiger partial charge >= 0.3 is 0 Å². The third-order valence-corrected chi connectivity index (χ3v) is 5.73. The molecule has 26 heavy (non-hydrogen) atoms. The topological polar surface area (TPSA) is 57.7 Å². The Morgan fingerprint density at radius 3 is 2.46 bits per heavy atom. The lowest BCUT2D eigenvalue weighted by atomic mass is 10.1. The second kappa shape index (κ2) is 7.07. The van der Waals surface area contributed by atoms with Crippen LogP contribution in [0.15, 0.2) is 48.5 Å².